The van der Waals surface area contributed by atoms with Crippen molar-refractivity contribution in [2.24, 2.45) is 11.8 Å². The molecule has 0 bridgehead atoms. The zero-order chi connectivity index (χ0) is 10.8. The van der Waals surface area contributed by atoms with Crippen LogP contribution in [0.25, 0.3) is 0 Å². The van der Waals surface area contributed by atoms with E-state index < -0.39 is 0 Å². The second-order valence-corrected chi connectivity index (χ2v) is 4.62. The van der Waals surface area contributed by atoms with Gasteiger partial charge in [0.05, 0.1) is 0 Å². The van der Waals surface area contributed by atoms with E-state index in [1.807, 2.05) is 13.8 Å². The Hall–Kier alpha value is 0. The quantitative estimate of drug-likeness (QED) is 0.529. The van der Waals surface area contributed by atoms with Crippen molar-refractivity contribution in [1.29, 1.82) is 0 Å². The summed E-state index contributed by atoms with van der Waals surface area (Å²) in [6, 6.07) is 0. The van der Waals surface area contributed by atoms with Crippen LogP contribution in [0.4, 0.5) is 0 Å². The van der Waals surface area contributed by atoms with Gasteiger partial charge in [0.15, 0.2) is 0 Å². The monoisotopic (exact) mass is 198 g/mol. The van der Waals surface area contributed by atoms with Crippen LogP contribution in [0.1, 0.15) is 79.1 Å². The van der Waals surface area contributed by atoms with Crippen LogP contribution in [-0.4, -0.2) is 0 Å². The predicted octanol–water partition coefficient (Wildman–Crippen LogP) is 5.42. The Bertz CT molecular complexity index is 98.6. The summed E-state index contributed by atoms with van der Waals surface area (Å²) in [4.78, 5) is 0. The van der Waals surface area contributed by atoms with E-state index >= 15 is 0 Å². The summed E-state index contributed by atoms with van der Waals surface area (Å²) in [7, 11) is 0. The lowest BCUT2D eigenvalue weighted by atomic mass is 9.80. The summed E-state index contributed by atoms with van der Waals surface area (Å²) < 4.78 is 0. The van der Waals surface area contributed by atoms with E-state index in [2.05, 4.69) is 13.8 Å². The van der Waals surface area contributed by atoms with Gasteiger partial charge in [-0.05, 0) is 11.8 Å². The van der Waals surface area contributed by atoms with E-state index in [0.29, 0.717) is 0 Å². The molecule has 86 valence electrons. The summed E-state index contributed by atoms with van der Waals surface area (Å²) in [6.07, 6.45) is 11.9. The van der Waals surface area contributed by atoms with Crippen LogP contribution in [0.2, 0.25) is 0 Å². The van der Waals surface area contributed by atoms with Crippen molar-refractivity contribution in [3.05, 3.63) is 0 Å². The van der Waals surface area contributed by atoms with Crippen molar-refractivity contribution in [2.75, 3.05) is 0 Å². The molecule has 0 atom stereocenters. The highest BCUT2D eigenvalue weighted by Gasteiger charge is 2.17. The molecule has 14 heavy (non-hydrogen) atoms. The first-order valence-corrected chi connectivity index (χ1v) is 6.83. The zero-order valence-electron chi connectivity index (χ0n) is 10.8. The van der Waals surface area contributed by atoms with Crippen molar-refractivity contribution in [1.82, 2.24) is 0 Å². The second-order valence-electron chi connectivity index (χ2n) is 4.62. The summed E-state index contributed by atoms with van der Waals surface area (Å²) in [5.74, 6) is 2.11. The average Bonchev–Trinajstić information content (AvgIpc) is 2.24. The van der Waals surface area contributed by atoms with Gasteiger partial charge in [-0.25, -0.2) is 0 Å². The molecule has 1 rings (SSSR count). The highest BCUT2D eigenvalue weighted by Crippen LogP contribution is 2.31. The fraction of sp³-hybridized carbons (Fsp3) is 1.00. The van der Waals surface area contributed by atoms with Gasteiger partial charge < -0.3 is 0 Å². The second kappa shape index (κ2) is 9.55. The first-order chi connectivity index (χ1) is 6.83. The van der Waals surface area contributed by atoms with Crippen molar-refractivity contribution in [3.8, 4) is 0 Å². The Kier molecular flexibility index (Phi) is 9.55. The minimum Gasteiger partial charge on any atom is -0.0683 e. The first-order valence-electron chi connectivity index (χ1n) is 6.83. The minimum absolute atomic E-state index is 1.02. The third-order valence-electron chi connectivity index (χ3n) is 3.35. The van der Waals surface area contributed by atoms with E-state index in [4.69, 9.17) is 0 Å². The molecule has 1 fully saturated rings. The van der Waals surface area contributed by atoms with Crippen molar-refractivity contribution < 1.29 is 0 Å². The Morgan fingerprint density at radius 3 is 2.00 bits per heavy atom. The van der Waals surface area contributed by atoms with Gasteiger partial charge in [0, 0.05) is 0 Å². The fourth-order valence-corrected chi connectivity index (χ4v) is 2.30. The normalized spacial score (nSPS) is 26.6. The van der Waals surface area contributed by atoms with Crippen molar-refractivity contribution in [3.63, 3.8) is 0 Å². The Labute approximate surface area is 91.5 Å². The lowest BCUT2D eigenvalue weighted by molar-refractivity contribution is 0.272. The number of rotatable bonds is 4. The predicted molar refractivity (Wildman–Crippen MR) is 66.6 cm³/mol. The summed E-state index contributed by atoms with van der Waals surface area (Å²) in [5.41, 5.74) is 0. The molecule has 1 aliphatic carbocycles. The van der Waals surface area contributed by atoms with Gasteiger partial charge in [-0.1, -0.05) is 79.1 Å². The molecule has 0 aromatic rings. The molecular formula is C14H30. The maximum absolute atomic E-state index is 2.41. The summed E-state index contributed by atoms with van der Waals surface area (Å²) >= 11 is 0. The lowest BCUT2D eigenvalue weighted by Crippen LogP contribution is -2.11. The molecule has 0 unspecified atom stereocenters. The molecule has 0 radical (unpaired) electrons. The lowest BCUT2D eigenvalue weighted by Gasteiger charge is -2.25. The molecule has 0 heterocycles. The number of unbranched alkanes of at least 4 members (excludes halogenated alkanes) is 2. The van der Waals surface area contributed by atoms with Gasteiger partial charge in [0.1, 0.15) is 0 Å². The fourth-order valence-electron chi connectivity index (χ4n) is 2.30. The molecule has 0 spiro atoms. The zero-order valence-corrected chi connectivity index (χ0v) is 10.8. The maximum Gasteiger partial charge on any atom is -0.0414 e. The number of hydrogen-bond acceptors (Lipinski definition) is 0. The van der Waals surface area contributed by atoms with Crippen LogP contribution < -0.4 is 0 Å². The van der Waals surface area contributed by atoms with Crippen LogP contribution in [0.5, 0.6) is 0 Å². The smallest absolute Gasteiger partial charge is 0.0414 e. The van der Waals surface area contributed by atoms with E-state index in [9.17, 15) is 0 Å². The van der Waals surface area contributed by atoms with Crippen LogP contribution in [-0.2, 0) is 0 Å². The molecule has 0 nitrogen and oxygen atoms in total. The Morgan fingerprint density at radius 2 is 1.50 bits per heavy atom. The molecule has 0 aromatic carbocycles. The standard InChI is InChI=1S/C12H24.C2H6/c1-3-4-5-6-12-9-7-11(2)8-10-12;1-2/h11-12H,3-10H2,1-2H3;1-2H3. The molecule has 0 saturated heterocycles. The third-order valence-corrected chi connectivity index (χ3v) is 3.35. The Balaban J connectivity index is 0.000000791. The average molecular weight is 198 g/mol. The van der Waals surface area contributed by atoms with E-state index in [1.165, 1.54) is 51.4 Å². The molecule has 1 saturated carbocycles. The van der Waals surface area contributed by atoms with E-state index in [-0.39, 0.29) is 0 Å². The van der Waals surface area contributed by atoms with Crippen LogP contribution in [0.15, 0.2) is 0 Å². The molecule has 0 aromatic heterocycles. The Morgan fingerprint density at radius 1 is 0.929 bits per heavy atom. The van der Waals surface area contributed by atoms with Crippen molar-refractivity contribution >= 4 is 0 Å². The van der Waals surface area contributed by atoms with Gasteiger partial charge in [0.2, 0.25) is 0 Å². The SMILES string of the molecule is CC.CCCCCC1CCC(C)CC1. The third kappa shape index (κ3) is 6.45. The van der Waals surface area contributed by atoms with E-state index in [0.717, 1.165) is 11.8 Å². The largest absolute Gasteiger partial charge is 0.0683 e. The molecule has 0 N–H and O–H groups in total. The molecule has 0 aliphatic heterocycles. The molecule has 1 aliphatic rings. The van der Waals surface area contributed by atoms with Crippen LogP contribution in [0.3, 0.4) is 0 Å². The molecule has 0 amide bonds. The number of hydrogen-bond donors (Lipinski definition) is 0. The van der Waals surface area contributed by atoms with Gasteiger partial charge in [-0.3, -0.25) is 0 Å². The van der Waals surface area contributed by atoms with Gasteiger partial charge in [-0.15, -0.1) is 0 Å². The first kappa shape index (κ1) is 14.0. The minimum atomic E-state index is 1.02. The summed E-state index contributed by atoms with van der Waals surface area (Å²) in [6.45, 7) is 8.70. The topological polar surface area (TPSA) is 0 Å². The molecular weight excluding hydrogens is 168 g/mol. The molecule has 0 heteroatoms. The van der Waals surface area contributed by atoms with Crippen LogP contribution in [0, 0.1) is 11.8 Å². The van der Waals surface area contributed by atoms with Gasteiger partial charge in [-0.2, -0.15) is 0 Å². The van der Waals surface area contributed by atoms with Gasteiger partial charge >= 0.3 is 0 Å². The van der Waals surface area contributed by atoms with E-state index in [1.54, 1.807) is 0 Å². The highest BCUT2D eigenvalue weighted by molar-refractivity contribution is 4.69. The summed E-state index contributed by atoms with van der Waals surface area (Å²) in [5, 5.41) is 0. The highest BCUT2D eigenvalue weighted by atomic mass is 14.2. The van der Waals surface area contributed by atoms with Crippen molar-refractivity contribution in [2.45, 2.75) is 79.1 Å². The van der Waals surface area contributed by atoms with Gasteiger partial charge in [0.25, 0.3) is 0 Å². The maximum atomic E-state index is 2.41. The van der Waals surface area contributed by atoms with Crippen LogP contribution >= 0.6 is 0 Å².